The Morgan fingerprint density at radius 3 is 2.68 bits per heavy atom. The third-order valence-corrected chi connectivity index (χ3v) is 3.34. The second kappa shape index (κ2) is 4.81. The minimum absolute atomic E-state index is 0.534. The van der Waals surface area contributed by atoms with E-state index in [1.165, 1.54) is 11.8 Å². The summed E-state index contributed by atoms with van der Waals surface area (Å²) in [7, 11) is 1.77. The highest BCUT2D eigenvalue weighted by atomic mass is 32.2. The lowest BCUT2D eigenvalue weighted by Crippen LogP contribution is -1.98. The standard InChI is InChI=1S/C11H11N7S/c1-6-3-13-11(14-4-6)19-9-7-5-15-18-8(7)16-10(12-2)17-9/h3-5H,1-2H3,(H2,12,15,16,17,18). The summed E-state index contributed by atoms with van der Waals surface area (Å²) in [6.07, 6.45) is 5.26. The SMILES string of the molecule is CNc1nc(Sc2ncc(C)cn2)c2cn[nH]c2n1. The molecule has 19 heavy (non-hydrogen) atoms. The molecule has 0 amide bonds. The van der Waals surface area contributed by atoms with Gasteiger partial charge in [-0.2, -0.15) is 10.1 Å². The van der Waals surface area contributed by atoms with Crippen LogP contribution < -0.4 is 5.32 Å². The smallest absolute Gasteiger partial charge is 0.225 e. The third kappa shape index (κ3) is 2.34. The number of fused-ring (bicyclic) bond motifs is 1. The molecule has 0 bridgehead atoms. The maximum atomic E-state index is 4.41. The number of hydrogen-bond donors (Lipinski definition) is 2. The topological polar surface area (TPSA) is 92.3 Å². The number of aryl methyl sites for hydroxylation is 1. The fraction of sp³-hybridized carbons (Fsp3) is 0.182. The van der Waals surface area contributed by atoms with Crippen LogP contribution in [0.3, 0.4) is 0 Å². The summed E-state index contributed by atoms with van der Waals surface area (Å²) in [5, 5.41) is 12.0. The lowest BCUT2D eigenvalue weighted by atomic mass is 10.4. The highest BCUT2D eigenvalue weighted by Crippen LogP contribution is 2.29. The van der Waals surface area contributed by atoms with Gasteiger partial charge in [0.15, 0.2) is 10.8 Å². The second-order valence-corrected chi connectivity index (χ2v) is 4.84. The van der Waals surface area contributed by atoms with Crippen molar-refractivity contribution in [3.8, 4) is 0 Å². The predicted molar refractivity (Wildman–Crippen MR) is 72.1 cm³/mol. The maximum Gasteiger partial charge on any atom is 0.225 e. The normalized spacial score (nSPS) is 10.8. The van der Waals surface area contributed by atoms with Gasteiger partial charge in [-0.25, -0.2) is 15.0 Å². The highest BCUT2D eigenvalue weighted by molar-refractivity contribution is 7.99. The number of H-pyrrole nitrogens is 1. The molecular formula is C11H11N7S. The van der Waals surface area contributed by atoms with Gasteiger partial charge in [0.1, 0.15) is 5.03 Å². The predicted octanol–water partition coefficient (Wildman–Crippen LogP) is 1.64. The number of hydrogen-bond acceptors (Lipinski definition) is 7. The van der Waals surface area contributed by atoms with E-state index in [0.717, 1.165) is 16.0 Å². The molecule has 0 aliphatic carbocycles. The van der Waals surface area contributed by atoms with Gasteiger partial charge in [-0.1, -0.05) is 0 Å². The molecule has 0 fully saturated rings. The van der Waals surface area contributed by atoms with Crippen LogP contribution in [0, 0.1) is 6.92 Å². The Hall–Kier alpha value is -2.22. The van der Waals surface area contributed by atoms with Crippen LogP contribution in [0.15, 0.2) is 28.8 Å². The van der Waals surface area contributed by atoms with Gasteiger partial charge in [0.25, 0.3) is 0 Å². The monoisotopic (exact) mass is 273 g/mol. The summed E-state index contributed by atoms with van der Waals surface area (Å²) in [5.74, 6) is 0.534. The molecule has 3 aromatic rings. The molecule has 8 heteroatoms. The molecule has 3 rings (SSSR count). The molecular weight excluding hydrogens is 262 g/mol. The number of aromatic amines is 1. The molecule has 0 aliphatic rings. The molecule has 3 aromatic heterocycles. The number of nitrogens with one attached hydrogen (secondary N) is 2. The summed E-state index contributed by atoms with van der Waals surface area (Å²) in [6.45, 7) is 1.95. The first-order chi connectivity index (χ1) is 9.26. The average molecular weight is 273 g/mol. The van der Waals surface area contributed by atoms with E-state index in [4.69, 9.17) is 0 Å². The summed E-state index contributed by atoms with van der Waals surface area (Å²) < 4.78 is 0. The van der Waals surface area contributed by atoms with Crippen molar-refractivity contribution in [3.05, 3.63) is 24.2 Å². The Balaban J connectivity index is 2.03. The van der Waals surface area contributed by atoms with E-state index in [-0.39, 0.29) is 0 Å². The summed E-state index contributed by atoms with van der Waals surface area (Å²) in [5.41, 5.74) is 1.71. The maximum absolute atomic E-state index is 4.41. The number of rotatable bonds is 3. The molecule has 0 radical (unpaired) electrons. The van der Waals surface area contributed by atoms with Crippen LogP contribution in [-0.2, 0) is 0 Å². The molecule has 7 nitrogen and oxygen atoms in total. The van der Waals surface area contributed by atoms with Crippen molar-refractivity contribution < 1.29 is 0 Å². The number of aromatic nitrogens is 6. The van der Waals surface area contributed by atoms with E-state index < -0.39 is 0 Å². The summed E-state index contributed by atoms with van der Waals surface area (Å²) in [6, 6.07) is 0. The van der Waals surface area contributed by atoms with Gasteiger partial charge in [0.05, 0.1) is 11.6 Å². The van der Waals surface area contributed by atoms with Gasteiger partial charge in [0.2, 0.25) is 5.95 Å². The van der Waals surface area contributed by atoms with Crippen molar-refractivity contribution in [1.82, 2.24) is 30.1 Å². The van der Waals surface area contributed by atoms with E-state index in [0.29, 0.717) is 16.8 Å². The zero-order valence-corrected chi connectivity index (χ0v) is 11.2. The molecule has 96 valence electrons. The minimum atomic E-state index is 0.534. The molecule has 0 unspecified atom stereocenters. The van der Waals surface area contributed by atoms with Crippen LogP contribution >= 0.6 is 11.8 Å². The Morgan fingerprint density at radius 2 is 1.95 bits per heavy atom. The number of anilines is 1. The van der Waals surface area contributed by atoms with Crippen LogP contribution in [0.2, 0.25) is 0 Å². The van der Waals surface area contributed by atoms with Crippen molar-refractivity contribution in [2.45, 2.75) is 17.1 Å². The van der Waals surface area contributed by atoms with Crippen LogP contribution in [0.25, 0.3) is 11.0 Å². The molecule has 0 aliphatic heterocycles. The third-order valence-electron chi connectivity index (χ3n) is 2.44. The quantitative estimate of drug-likeness (QED) is 0.553. The summed E-state index contributed by atoms with van der Waals surface area (Å²) in [4.78, 5) is 17.2. The van der Waals surface area contributed by atoms with Gasteiger partial charge in [-0.15, -0.1) is 0 Å². The fourth-order valence-electron chi connectivity index (χ4n) is 1.52. The number of nitrogens with zero attached hydrogens (tertiary/aromatic N) is 5. The van der Waals surface area contributed by atoms with E-state index in [1.54, 1.807) is 25.6 Å². The first kappa shape index (κ1) is 11.8. The Bertz CT molecular complexity index is 707. The Kier molecular flexibility index (Phi) is 3.00. The van der Waals surface area contributed by atoms with E-state index in [9.17, 15) is 0 Å². The molecule has 0 saturated carbocycles. The molecule has 0 saturated heterocycles. The van der Waals surface area contributed by atoms with E-state index >= 15 is 0 Å². The molecule has 3 heterocycles. The van der Waals surface area contributed by atoms with Crippen molar-refractivity contribution >= 4 is 28.7 Å². The fourth-order valence-corrected chi connectivity index (χ4v) is 2.29. The molecule has 0 aromatic carbocycles. The van der Waals surface area contributed by atoms with Crippen molar-refractivity contribution in [3.63, 3.8) is 0 Å². The van der Waals surface area contributed by atoms with Crippen molar-refractivity contribution in [1.29, 1.82) is 0 Å². The van der Waals surface area contributed by atoms with Gasteiger partial charge in [-0.3, -0.25) is 5.10 Å². The summed E-state index contributed by atoms with van der Waals surface area (Å²) >= 11 is 1.39. The minimum Gasteiger partial charge on any atom is -0.357 e. The van der Waals surface area contributed by atoms with Gasteiger partial charge in [0, 0.05) is 19.4 Å². The Labute approximate surface area is 113 Å². The van der Waals surface area contributed by atoms with E-state index in [1.807, 2.05) is 6.92 Å². The lowest BCUT2D eigenvalue weighted by molar-refractivity contribution is 0.945. The second-order valence-electron chi connectivity index (χ2n) is 3.88. The zero-order chi connectivity index (χ0) is 13.2. The van der Waals surface area contributed by atoms with Crippen LogP contribution in [0.4, 0.5) is 5.95 Å². The van der Waals surface area contributed by atoms with Crippen LogP contribution in [0.5, 0.6) is 0 Å². The molecule has 0 atom stereocenters. The van der Waals surface area contributed by atoms with Crippen molar-refractivity contribution in [2.24, 2.45) is 0 Å². The van der Waals surface area contributed by atoms with Gasteiger partial charge in [-0.05, 0) is 24.2 Å². The van der Waals surface area contributed by atoms with E-state index in [2.05, 4.69) is 35.5 Å². The Morgan fingerprint density at radius 1 is 1.16 bits per heavy atom. The zero-order valence-electron chi connectivity index (χ0n) is 10.4. The van der Waals surface area contributed by atoms with Gasteiger partial charge >= 0.3 is 0 Å². The first-order valence-electron chi connectivity index (χ1n) is 5.61. The van der Waals surface area contributed by atoms with Crippen LogP contribution in [-0.4, -0.2) is 37.2 Å². The highest BCUT2D eigenvalue weighted by Gasteiger charge is 2.11. The molecule has 2 N–H and O–H groups in total. The average Bonchev–Trinajstić information content (AvgIpc) is 2.89. The van der Waals surface area contributed by atoms with Crippen LogP contribution in [0.1, 0.15) is 5.56 Å². The van der Waals surface area contributed by atoms with Gasteiger partial charge < -0.3 is 5.32 Å². The van der Waals surface area contributed by atoms with Crippen molar-refractivity contribution in [2.75, 3.05) is 12.4 Å². The largest absolute Gasteiger partial charge is 0.357 e. The first-order valence-corrected chi connectivity index (χ1v) is 6.43. The molecule has 0 spiro atoms. The lowest BCUT2D eigenvalue weighted by Gasteiger charge is -2.03.